The predicted molar refractivity (Wildman–Crippen MR) is 104 cm³/mol. The van der Waals surface area contributed by atoms with Crippen molar-refractivity contribution in [2.75, 3.05) is 23.3 Å². The number of nitrogens with zero attached hydrogens (tertiary/aromatic N) is 1. The maximum Gasteiger partial charge on any atom is 0.387 e. The minimum Gasteiger partial charge on any atom is -0.433 e. The average molecular weight is 409 g/mol. The standard InChI is InChI=1S/C19H21F2N3O3S/c1-11-10-15(27-19(20)21)16(28-11)18(26)23-13-2-4-14(5-3-13)24-8-6-12(7-9-24)17(22)25/h2-5,10,12,19H,6-9H2,1H3,(H2,22,25)(H,23,26). The smallest absolute Gasteiger partial charge is 0.387 e. The number of alkyl halides is 2. The van der Waals surface area contributed by atoms with Crippen LogP contribution in [0, 0.1) is 12.8 Å². The molecule has 6 nitrogen and oxygen atoms in total. The van der Waals surface area contributed by atoms with E-state index in [-0.39, 0.29) is 22.5 Å². The molecule has 3 N–H and O–H groups in total. The summed E-state index contributed by atoms with van der Waals surface area (Å²) in [6.45, 7) is 0.207. The molecule has 2 aromatic rings. The van der Waals surface area contributed by atoms with Crippen LogP contribution in [0.4, 0.5) is 20.2 Å². The Kier molecular flexibility index (Phi) is 6.13. The topological polar surface area (TPSA) is 84.7 Å². The maximum atomic E-state index is 12.5. The Labute approximate surface area is 165 Å². The van der Waals surface area contributed by atoms with Gasteiger partial charge in [-0.1, -0.05) is 0 Å². The summed E-state index contributed by atoms with van der Waals surface area (Å²) in [6, 6.07) is 8.67. The van der Waals surface area contributed by atoms with Gasteiger partial charge in [0.2, 0.25) is 5.91 Å². The maximum absolute atomic E-state index is 12.5. The number of nitrogens with two attached hydrogens (primary N) is 1. The molecule has 0 radical (unpaired) electrons. The van der Waals surface area contributed by atoms with Crippen molar-refractivity contribution in [2.45, 2.75) is 26.4 Å². The number of nitrogens with one attached hydrogen (secondary N) is 1. The third-order valence-electron chi connectivity index (χ3n) is 4.63. The van der Waals surface area contributed by atoms with Crippen LogP contribution >= 0.6 is 11.3 Å². The molecule has 9 heteroatoms. The highest BCUT2D eigenvalue weighted by Crippen LogP contribution is 2.31. The Morgan fingerprint density at radius 2 is 1.89 bits per heavy atom. The van der Waals surface area contributed by atoms with Crippen molar-refractivity contribution >= 4 is 34.5 Å². The highest BCUT2D eigenvalue weighted by molar-refractivity contribution is 7.14. The van der Waals surface area contributed by atoms with Crippen LogP contribution < -0.4 is 20.7 Å². The summed E-state index contributed by atoms with van der Waals surface area (Å²) < 4.78 is 29.4. The molecule has 1 aliphatic rings. The molecule has 2 heterocycles. The molecule has 0 bridgehead atoms. The number of hydrogen-bond donors (Lipinski definition) is 2. The molecule has 0 aliphatic carbocycles. The Morgan fingerprint density at radius 3 is 2.46 bits per heavy atom. The van der Waals surface area contributed by atoms with Gasteiger partial charge in [0.15, 0.2) is 0 Å². The zero-order valence-electron chi connectivity index (χ0n) is 15.3. The molecule has 1 aromatic carbocycles. The number of halogens is 2. The van der Waals surface area contributed by atoms with Crippen LogP contribution in [0.5, 0.6) is 5.75 Å². The molecule has 0 saturated carbocycles. The summed E-state index contributed by atoms with van der Waals surface area (Å²) in [5, 5.41) is 2.70. The van der Waals surface area contributed by atoms with E-state index >= 15 is 0 Å². The van der Waals surface area contributed by atoms with Crippen molar-refractivity contribution in [3.8, 4) is 5.75 Å². The van der Waals surface area contributed by atoms with E-state index in [0.29, 0.717) is 10.6 Å². The number of amides is 2. The number of rotatable bonds is 6. The van der Waals surface area contributed by atoms with Crippen molar-refractivity contribution in [2.24, 2.45) is 11.7 Å². The first-order chi connectivity index (χ1) is 13.3. The Bertz CT molecular complexity index is 847. The fourth-order valence-corrected chi connectivity index (χ4v) is 4.04. The van der Waals surface area contributed by atoms with E-state index in [1.54, 1.807) is 19.1 Å². The van der Waals surface area contributed by atoms with E-state index in [1.165, 1.54) is 6.07 Å². The Balaban J connectivity index is 1.63. The zero-order valence-corrected chi connectivity index (χ0v) is 16.1. The van der Waals surface area contributed by atoms with Gasteiger partial charge in [0.25, 0.3) is 5.91 Å². The lowest BCUT2D eigenvalue weighted by atomic mass is 9.96. The van der Waals surface area contributed by atoms with E-state index < -0.39 is 12.5 Å². The molecule has 0 unspecified atom stereocenters. The molecule has 1 saturated heterocycles. The Morgan fingerprint density at radius 1 is 1.25 bits per heavy atom. The summed E-state index contributed by atoms with van der Waals surface area (Å²) in [4.78, 5) is 26.7. The lowest BCUT2D eigenvalue weighted by Gasteiger charge is -2.32. The number of carbonyl (C=O) groups is 2. The molecule has 150 valence electrons. The van der Waals surface area contributed by atoms with Crippen LogP contribution in [0.1, 0.15) is 27.4 Å². The van der Waals surface area contributed by atoms with Gasteiger partial charge in [0.05, 0.1) is 0 Å². The molecule has 28 heavy (non-hydrogen) atoms. The molecule has 1 fully saturated rings. The molecular weight excluding hydrogens is 388 g/mol. The van der Waals surface area contributed by atoms with Gasteiger partial charge in [-0.2, -0.15) is 8.78 Å². The molecule has 3 rings (SSSR count). The van der Waals surface area contributed by atoms with Gasteiger partial charge < -0.3 is 20.7 Å². The third-order valence-corrected chi connectivity index (χ3v) is 5.66. The summed E-state index contributed by atoms with van der Waals surface area (Å²) in [6.07, 6.45) is 1.44. The highest BCUT2D eigenvalue weighted by atomic mass is 32.1. The van der Waals surface area contributed by atoms with E-state index in [2.05, 4.69) is 15.0 Å². The lowest BCUT2D eigenvalue weighted by molar-refractivity contribution is -0.122. The summed E-state index contributed by atoms with van der Waals surface area (Å²) in [5.41, 5.74) is 6.89. The van der Waals surface area contributed by atoms with E-state index in [0.717, 1.165) is 43.0 Å². The normalized spacial score (nSPS) is 14.9. The number of hydrogen-bond acceptors (Lipinski definition) is 5. The number of aryl methyl sites for hydroxylation is 1. The largest absolute Gasteiger partial charge is 0.433 e. The SMILES string of the molecule is Cc1cc(OC(F)F)c(C(=O)Nc2ccc(N3CCC(C(N)=O)CC3)cc2)s1. The lowest BCUT2D eigenvalue weighted by Crippen LogP contribution is -2.38. The number of thiophene rings is 1. The molecule has 0 spiro atoms. The number of carbonyl (C=O) groups excluding carboxylic acids is 2. The van der Waals surface area contributed by atoms with Gasteiger partial charge in [-0.15, -0.1) is 11.3 Å². The molecule has 0 atom stereocenters. The number of piperidine rings is 1. The number of benzene rings is 1. The summed E-state index contributed by atoms with van der Waals surface area (Å²) >= 11 is 1.10. The van der Waals surface area contributed by atoms with Crippen LogP contribution in [-0.4, -0.2) is 31.5 Å². The van der Waals surface area contributed by atoms with Gasteiger partial charge in [0.1, 0.15) is 10.6 Å². The summed E-state index contributed by atoms with van der Waals surface area (Å²) in [5.74, 6) is -0.946. The van der Waals surface area contributed by atoms with Crippen molar-refractivity contribution in [3.63, 3.8) is 0 Å². The minimum absolute atomic E-state index is 0.0753. The van der Waals surface area contributed by atoms with Gasteiger partial charge in [-0.05, 0) is 50.1 Å². The molecule has 1 aliphatic heterocycles. The fraction of sp³-hybridized carbons (Fsp3) is 0.368. The fourth-order valence-electron chi connectivity index (χ4n) is 3.20. The van der Waals surface area contributed by atoms with Crippen molar-refractivity contribution in [3.05, 3.63) is 40.1 Å². The van der Waals surface area contributed by atoms with Crippen LogP contribution in [-0.2, 0) is 4.79 Å². The van der Waals surface area contributed by atoms with E-state index in [9.17, 15) is 18.4 Å². The van der Waals surface area contributed by atoms with Gasteiger partial charge in [-0.25, -0.2) is 0 Å². The Hall–Kier alpha value is -2.68. The number of primary amides is 1. The highest BCUT2D eigenvalue weighted by Gasteiger charge is 2.23. The van der Waals surface area contributed by atoms with Crippen molar-refractivity contribution in [1.82, 2.24) is 0 Å². The van der Waals surface area contributed by atoms with Gasteiger partial charge in [-0.3, -0.25) is 9.59 Å². The van der Waals surface area contributed by atoms with Gasteiger partial charge >= 0.3 is 6.61 Å². The predicted octanol–water partition coefficient (Wildman–Crippen LogP) is 3.61. The van der Waals surface area contributed by atoms with E-state index in [1.807, 2.05) is 12.1 Å². The minimum atomic E-state index is -2.99. The summed E-state index contributed by atoms with van der Waals surface area (Å²) in [7, 11) is 0. The first kappa shape index (κ1) is 20.1. The molecular formula is C19H21F2N3O3S. The first-order valence-corrected chi connectivity index (χ1v) is 9.66. The van der Waals surface area contributed by atoms with Crippen molar-refractivity contribution < 1.29 is 23.1 Å². The third kappa shape index (κ3) is 4.78. The van der Waals surface area contributed by atoms with Crippen LogP contribution in [0.2, 0.25) is 0 Å². The zero-order chi connectivity index (χ0) is 20.3. The monoisotopic (exact) mass is 409 g/mol. The molecule has 2 amide bonds. The molecule has 1 aromatic heterocycles. The van der Waals surface area contributed by atoms with Crippen LogP contribution in [0.25, 0.3) is 0 Å². The van der Waals surface area contributed by atoms with Gasteiger partial charge in [0, 0.05) is 35.3 Å². The second-order valence-electron chi connectivity index (χ2n) is 6.59. The average Bonchev–Trinajstić information content (AvgIpc) is 3.02. The second-order valence-corrected chi connectivity index (χ2v) is 7.85. The second kappa shape index (κ2) is 8.55. The first-order valence-electron chi connectivity index (χ1n) is 8.84. The number of anilines is 2. The quantitative estimate of drug-likeness (QED) is 0.763. The van der Waals surface area contributed by atoms with Crippen LogP contribution in [0.15, 0.2) is 30.3 Å². The van der Waals surface area contributed by atoms with Crippen LogP contribution in [0.3, 0.4) is 0 Å². The van der Waals surface area contributed by atoms with Crippen molar-refractivity contribution in [1.29, 1.82) is 0 Å². The number of ether oxygens (including phenoxy) is 1. The van der Waals surface area contributed by atoms with E-state index in [4.69, 9.17) is 5.73 Å².